The lowest BCUT2D eigenvalue weighted by molar-refractivity contribution is 0.313. The number of hydrogen-bond donors (Lipinski definition) is 0. The first kappa shape index (κ1) is 20.9. The molecule has 0 spiro atoms. The number of rotatable bonds is 5. The van der Waals surface area contributed by atoms with Gasteiger partial charge in [-0.05, 0) is 30.8 Å². The first-order valence-corrected chi connectivity index (χ1v) is 11.5. The second-order valence-electron chi connectivity index (χ2n) is 8.16. The Labute approximate surface area is 195 Å². The van der Waals surface area contributed by atoms with E-state index in [-0.39, 0.29) is 0 Å². The second-order valence-corrected chi connectivity index (χ2v) is 9.01. The number of halogens is 1. The number of fused-ring (bicyclic) bond motifs is 1. The molecule has 0 N–H and O–H groups in total. The van der Waals surface area contributed by atoms with Crippen molar-refractivity contribution in [2.24, 2.45) is 0 Å². The molecule has 5 rings (SSSR count). The summed E-state index contributed by atoms with van der Waals surface area (Å²) in [6, 6.07) is 16.9. The quantitative estimate of drug-likeness (QED) is 0.408. The molecule has 0 amide bonds. The first-order chi connectivity index (χ1) is 15.6. The number of pyridine rings is 1. The minimum Gasteiger partial charge on any atom is -0.403 e. The zero-order chi connectivity index (χ0) is 22.1. The monoisotopic (exact) mass is 492 g/mol. The molecule has 3 heterocycles. The van der Waals surface area contributed by atoms with Crippen LogP contribution in [0.2, 0.25) is 0 Å². The van der Waals surface area contributed by atoms with Gasteiger partial charge < -0.3 is 19.1 Å². The molecule has 8 heteroatoms. The van der Waals surface area contributed by atoms with Crippen molar-refractivity contribution >= 4 is 38.5 Å². The Morgan fingerprint density at radius 3 is 2.62 bits per heavy atom. The Morgan fingerprint density at radius 1 is 1.00 bits per heavy atom. The van der Waals surface area contributed by atoms with Gasteiger partial charge >= 0.3 is 6.01 Å². The fourth-order valence-corrected chi connectivity index (χ4v) is 4.49. The van der Waals surface area contributed by atoms with Crippen LogP contribution in [-0.4, -0.2) is 60.4 Å². The highest BCUT2D eigenvalue weighted by Crippen LogP contribution is 2.33. The molecule has 7 nitrogen and oxygen atoms in total. The standard InChI is InChI=1S/C24H25BrN6O/c1-29-12-14-31(15-13-29)21-9-5-7-18-19(10-11-26-22(18)21)23-27-28-24(32-23)30(2)16-17-6-3-4-8-20(17)25/h3-11H,12-16H2,1-2H3. The van der Waals surface area contributed by atoms with Crippen molar-refractivity contribution in [1.29, 1.82) is 0 Å². The van der Waals surface area contributed by atoms with Crippen molar-refractivity contribution in [2.75, 3.05) is 50.1 Å². The lowest BCUT2D eigenvalue weighted by Crippen LogP contribution is -2.44. The summed E-state index contributed by atoms with van der Waals surface area (Å²) < 4.78 is 7.15. The van der Waals surface area contributed by atoms with Gasteiger partial charge in [0.05, 0.1) is 11.2 Å². The van der Waals surface area contributed by atoms with Crippen LogP contribution in [0.15, 0.2) is 63.6 Å². The van der Waals surface area contributed by atoms with E-state index < -0.39 is 0 Å². The van der Waals surface area contributed by atoms with E-state index in [9.17, 15) is 0 Å². The van der Waals surface area contributed by atoms with Crippen molar-refractivity contribution in [1.82, 2.24) is 20.1 Å². The Hall–Kier alpha value is -2.97. The summed E-state index contributed by atoms with van der Waals surface area (Å²) in [4.78, 5) is 11.4. The predicted molar refractivity (Wildman–Crippen MR) is 131 cm³/mol. The Morgan fingerprint density at radius 2 is 1.81 bits per heavy atom. The SMILES string of the molecule is CN1CCN(c2cccc3c(-c4nnc(N(C)Cc5ccccc5Br)o4)ccnc23)CC1. The molecule has 0 radical (unpaired) electrons. The third-order valence-corrected chi connectivity index (χ3v) is 6.70. The first-order valence-electron chi connectivity index (χ1n) is 10.7. The summed E-state index contributed by atoms with van der Waals surface area (Å²) in [7, 11) is 4.12. The van der Waals surface area contributed by atoms with Gasteiger partial charge in [0.25, 0.3) is 5.89 Å². The normalized spacial score (nSPS) is 14.8. The number of likely N-dealkylation sites (N-methyl/N-ethyl adjacent to an activating group) is 1. The molecule has 1 aliphatic heterocycles. The van der Waals surface area contributed by atoms with Crippen LogP contribution in [0.25, 0.3) is 22.4 Å². The van der Waals surface area contributed by atoms with E-state index in [2.05, 4.69) is 67.2 Å². The molecule has 4 aromatic rings. The maximum absolute atomic E-state index is 6.09. The molecule has 0 aliphatic carbocycles. The Balaban J connectivity index is 1.45. The molecule has 164 valence electrons. The summed E-state index contributed by atoms with van der Waals surface area (Å²) in [5.41, 5.74) is 4.18. The lowest BCUT2D eigenvalue weighted by atomic mass is 10.1. The summed E-state index contributed by atoms with van der Waals surface area (Å²) in [6.45, 7) is 4.74. The highest BCUT2D eigenvalue weighted by atomic mass is 79.9. The molecule has 0 atom stereocenters. The van der Waals surface area contributed by atoms with E-state index >= 15 is 0 Å². The minimum atomic E-state index is 0.482. The molecular formula is C24H25BrN6O. The maximum Gasteiger partial charge on any atom is 0.318 e. The van der Waals surface area contributed by atoms with Crippen molar-refractivity contribution in [3.63, 3.8) is 0 Å². The smallest absolute Gasteiger partial charge is 0.318 e. The van der Waals surface area contributed by atoms with Gasteiger partial charge in [0.1, 0.15) is 0 Å². The molecule has 0 bridgehead atoms. The Bertz CT molecular complexity index is 1230. The number of para-hydroxylation sites is 1. The fourth-order valence-electron chi connectivity index (χ4n) is 4.08. The molecule has 0 saturated carbocycles. The van der Waals surface area contributed by atoms with Gasteiger partial charge in [0, 0.05) is 61.4 Å². The molecule has 1 saturated heterocycles. The van der Waals surface area contributed by atoms with Crippen molar-refractivity contribution in [3.8, 4) is 11.5 Å². The van der Waals surface area contributed by atoms with E-state index in [1.807, 2.05) is 42.4 Å². The van der Waals surface area contributed by atoms with Crippen LogP contribution in [0, 0.1) is 0 Å². The number of benzene rings is 2. The zero-order valence-corrected chi connectivity index (χ0v) is 19.8. The lowest BCUT2D eigenvalue weighted by Gasteiger charge is -2.34. The van der Waals surface area contributed by atoms with Crippen molar-refractivity contribution in [3.05, 3.63) is 64.8 Å². The van der Waals surface area contributed by atoms with Crippen LogP contribution >= 0.6 is 15.9 Å². The molecular weight excluding hydrogens is 468 g/mol. The average Bonchev–Trinajstić information content (AvgIpc) is 3.31. The third kappa shape index (κ3) is 4.08. The summed E-state index contributed by atoms with van der Waals surface area (Å²) in [5.74, 6) is 0.502. The van der Waals surface area contributed by atoms with Gasteiger partial charge in [-0.2, -0.15) is 0 Å². The maximum atomic E-state index is 6.09. The van der Waals surface area contributed by atoms with Gasteiger partial charge in [-0.25, -0.2) is 0 Å². The van der Waals surface area contributed by atoms with Crippen LogP contribution in [0.1, 0.15) is 5.56 Å². The summed E-state index contributed by atoms with van der Waals surface area (Å²) >= 11 is 3.60. The van der Waals surface area contributed by atoms with Gasteiger partial charge in [-0.15, -0.1) is 5.10 Å². The largest absolute Gasteiger partial charge is 0.403 e. The molecule has 2 aromatic heterocycles. The third-order valence-electron chi connectivity index (χ3n) is 5.93. The molecule has 32 heavy (non-hydrogen) atoms. The molecule has 0 unspecified atom stereocenters. The van der Waals surface area contributed by atoms with Crippen molar-refractivity contribution in [2.45, 2.75) is 6.54 Å². The highest BCUT2D eigenvalue weighted by Gasteiger charge is 2.20. The summed E-state index contributed by atoms with van der Waals surface area (Å²) in [6.07, 6.45) is 1.83. The van der Waals surface area contributed by atoms with Crippen LogP contribution in [-0.2, 0) is 6.54 Å². The number of aromatic nitrogens is 3. The number of anilines is 2. The summed E-state index contributed by atoms with van der Waals surface area (Å²) in [5, 5.41) is 9.68. The second kappa shape index (κ2) is 8.88. The number of hydrogen-bond acceptors (Lipinski definition) is 7. The van der Waals surface area contributed by atoms with Gasteiger partial charge in [-0.1, -0.05) is 51.4 Å². The zero-order valence-electron chi connectivity index (χ0n) is 18.2. The number of nitrogens with zero attached hydrogens (tertiary/aromatic N) is 6. The topological polar surface area (TPSA) is 61.5 Å². The molecule has 1 aliphatic rings. The van der Waals surface area contributed by atoms with E-state index in [0.717, 1.165) is 58.4 Å². The minimum absolute atomic E-state index is 0.482. The van der Waals surface area contributed by atoms with Gasteiger partial charge in [-0.3, -0.25) is 4.98 Å². The molecule has 2 aromatic carbocycles. The highest BCUT2D eigenvalue weighted by molar-refractivity contribution is 9.10. The van der Waals surface area contributed by atoms with Crippen LogP contribution in [0.5, 0.6) is 0 Å². The number of piperazine rings is 1. The van der Waals surface area contributed by atoms with Crippen LogP contribution in [0.3, 0.4) is 0 Å². The van der Waals surface area contributed by atoms with Gasteiger partial charge in [0.2, 0.25) is 0 Å². The van der Waals surface area contributed by atoms with E-state index in [1.54, 1.807) is 0 Å². The predicted octanol–water partition coefficient (Wildman–Crippen LogP) is 4.44. The van der Waals surface area contributed by atoms with Gasteiger partial charge in [0.15, 0.2) is 0 Å². The van der Waals surface area contributed by atoms with Crippen LogP contribution in [0.4, 0.5) is 11.7 Å². The molecule has 1 fully saturated rings. The van der Waals surface area contributed by atoms with E-state index in [4.69, 9.17) is 9.40 Å². The Kier molecular flexibility index (Phi) is 5.80. The fraction of sp³-hybridized carbons (Fsp3) is 0.292. The van der Waals surface area contributed by atoms with Crippen molar-refractivity contribution < 1.29 is 4.42 Å². The van der Waals surface area contributed by atoms with Crippen LogP contribution < -0.4 is 9.80 Å². The van der Waals surface area contributed by atoms with E-state index in [0.29, 0.717) is 18.5 Å². The van der Waals surface area contributed by atoms with E-state index in [1.165, 1.54) is 0 Å². The average molecular weight is 493 g/mol.